The third-order valence-corrected chi connectivity index (χ3v) is 12.4. The second kappa shape index (κ2) is 14.2. The molecule has 6 rings (SSSR count). The highest BCUT2D eigenvalue weighted by Crippen LogP contribution is 2.46. The first-order valence-corrected chi connectivity index (χ1v) is 19.5. The van der Waals surface area contributed by atoms with E-state index in [0.717, 1.165) is 36.9 Å². The summed E-state index contributed by atoms with van der Waals surface area (Å²) in [7, 11) is 0.0225. The van der Waals surface area contributed by atoms with Gasteiger partial charge in [-0.3, -0.25) is 19.1 Å². The summed E-state index contributed by atoms with van der Waals surface area (Å²) < 4.78 is 34.8. The van der Waals surface area contributed by atoms with Gasteiger partial charge < -0.3 is 25.2 Å². The number of hydrogen-bond donors (Lipinski definition) is 3. The number of hydrogen-bond acceptors (Lipinski definition) is 10. The Morgan fingerprint density at radius 3 is 2.33 bits per heavy atom. The molecule has 0 spiro atoms. The van der Waals surface area contributed by atoms with Gasteiger partial charge in [0, 0.05) is 44.2 Å². The number of aromatic nitrogens is 3. The highest BCUT2D eigenvalue weighted by molar-refractivity contribution is 7.91. The summed E-state index contributed by atoms with van der Waals surface area (Å²) in [6.45, 7) is 9.29. The van der Waals surface area contributed by atoms with Crippen molar-refractivity contribution in [2.45, 2.75) is 107 Å². The number of likely N-dealkylation sites (tertiary alicyclic amines) is 1. The average Bonchev–Trinajstić information content (AvgIpc) is 3.85. The lowest BCUT2D eigenvalue weighted by molar-refractivity contribution is -0.142. The monoisotopic (exact) mass is 738 g/mol. The van der Waals surface area contributed by atoms with Gasteiger partial charge in [-0.25, -0.2) is 17.9 Å². The van der Waals surface area contributed by atoms with Gasteiger partial charge in [-0.2, -0.15) is 0 Å². The zero-order chi connectivity index (χ0) is 37.6. The van der Waals surface area contributed by atoms with Gasteiger partial charge in [0.25, 0.3) is 5.91 Å². The van der Waals surface area contributed by atoms with Crippen LogP contribution in [0.15, 0.2) is 43.1 Å². The van der Waals surface area contributed by atoms with E-state index in [4.69, 9.17) is 4.74 Å². The number of carbonyl (C=O) groups excluding carboxylic acids is 4. The molecule has 4 amide bonds. The highest BCUT2D eigenvalue weighted by atomic mass is 32.2. The van der Waals surface area contributed by atoms with Crippen LogP contribution in [0.5, 0.6) is 0 Å². The van der Waals surface area contributed by atoms with Crippen molar-refractivity contribution in [3.05, 3.63) is 43.1 Å². The van der Waals surface area contributed by atoms with Gasteiger partial charge >= 0.3 is 6.09 Å². The fraction of sp³-hybridized carbons (Fsp3) is 0.611. The Labute approximate surface area is 304 Å². The molecule has 15 nitrogen and oxygen atoms in total. The zero-order valence-electron chi connectivity index (χ0n) is 30.5. The summed E-state index contributed by atoms with van der Waals surface area (Å²) in [5.41, 5.74) is 0.175. The SMILES string of the molecule is C=C[C@@H]1C[C@]1(NC(=O)[C@@H]1C[C@@H](n2cc(-c3ccc(N(C)C)cc3)nn2)CN1C(=O)[C@@H](NC(=O)OC1CCCC1)C(C)(C)C)C(=O)NS(=O)(=O)C1CC1. The largest absolute Gasteiger partial charge is 0.446 e. The van der Waals surface area contributed by atoms with Crippen molar-refractivity contribution < 1.29 is 32.3 Å². The first-order valence-electron chi connectivity index (χ1n) is 18.0. The molecule has 3 saturated carbocycles. The maximum Gasteiger partial charge on any atom is 0.408 e. The molecule has 4 fully saturated rings. The molecular formula is C36H50N8O7S. The maximum atomic E-state index is 14.5. The Hall–Kier alpha value is -4.47. The molecule has 2 aromatic rings. The van der Waals surface area contributed by atoms with Crippen molar-refractivity contribution in [1.82, 2.24) is 35.2 Å². The van der Waals surface area contributed by atoms with E-state index < -0.39 is 74.1 Å². The summed E-state index contributed by atoms with van der Waals surface area (Å²) in [4.78, 5) is 58.8. The molecular weight excluding hydrogens is 689 g/mol. The highest BCUT2D eigenvalue weighted by Gasteiger charge is 2.62. The third-order valence-electron chi connectivity index (χ3n) is 10.6. The van der Waals surface area contributed by atoms with E-state index in [1.54, 1.807) is 10.9 Å². The number of rotatable bonds is 12. The molecule has 1 aromatic heterocycles. The van der Waals surface area contributed by atoms with Crippen LogP contribution >= 0.6 is 0 Å². The number of amides is 4. The normalized spacial score (nSPS) is 25.2. The summed E-state index contributed by atoms with van der Waals surface area (Å²) >= 11 is 0. The van der Waals surface area contributed by atoms with Crippen LogP contribution in [-0.4, -0.2) is 102 Å². The molecule has 0 radical (unpaired) electrons. The van der Waals surface area contributed by atoms with Gasteiger partial charge in [-0.1, -0.05) is 44.2 Å². The lowest BCUT2D eigenvalue weighted by Crippen LogP contribution is -2.60. The summed E-state index contributed by atoms with van der Waals surface area (Å²) in [6.07, 6.45) is 7.06. The van der Waals surface area contributed by atoms with Crippen LogP contribution in [0.25, 0.3) is 11.3 Å². The standard InChI is InChI=1S/C36H50N8O7S/c1-7-23-19-36(23,33(47)40-52(49,50)27-16-17-27)38-31(45)29-18-25(44-21-28(39-41-44)22-12-14-24(15-13-22)42(5)6)20-43(29)32(46)30(35(2,3)4)37-34(48)51-26-10-8-9-11-26/h7,12-15,21,23,25-27,29-30H,1,8-11,16-20H2,2-6H3,(H,37,48)(H,38,45)(H,40,47)/t23-,25-,29+,30-,36-/m1/s1. The van der Waals surface area contributed by atoms with Crippen molar-refractivity contribution in [2.24, 2.45) is 11.3 Å². The van der Waals surface area contributed by atoms with Crippen molar-refractivity contribution in [2.75, 3.05) is 25.5 Å². The van der Waals surface area contributed by atoms with E-state index in [1.165, 1.54) is 11.0 Å². The van der Waals surface area contributed by atoms with Gasteiger partial charge in [0.05, 0.1) is 17.5 Å². The Bertz CT molecular complexity index is 1810. The number of nitrogens with zero attached hydrogens (tertiary/aromatic N) is 5. The summed E-state index contributed by atoms with van der Waals surface area (Å²) in [5, 5.41) is 13.7. The van der Waals surface area contributed by atoms with E-state index >= 15 is 0 Å². The summed E-state index contributed by atoms with van der Waals surface area (Å²) in [5.74, 6) is -2.45. The summed E-state index contributed by atoms with van der Waals surface area (Å²) in [6, 6.07) is 5.19. The molecule has 282 valence electrons. The van der Waals surface area contributed by atoms with E-state index in [0.29, 0.717) is 18.5 Å². The number of carbonyl (C=O) groups is 4. The van der Waals surface area contributed by atoms with Crippen molar-refractivity contribution in [3.63, 3.8) is 0 Å². The molecule has 3 aliphatic carbocycles. The molecule has 5 atom stereocenters. The lowest BCUT2D eigenvalue weighted by atomic mass is 9.85. The molecule has 52 heavy (non-hydrogen) atoms. The second-order valence-corrected chi connectivity index (χ2v) is 17.8. The van der Waals surface area contributed by atoms with Gasteiger partial charge in [-0.05, 0) is 62.5 Å². The number of alkyl carbamates (subject to hydrolysis) is 1. The molecule has 0 unspecified atom stereocenters. The van der Waals surface area contributed by atoms with Gasteiger partial charge in [0.2, 0.25) is 21.8 Å². The van der Waals surface area contributed by atoms with Crippen LogP contribution in [0, 0.1) is 11.3 Å². The maximum absolute atomic E-state index is 14.5. The minimum absolute atomic E-state index is 0.0609. The third kappa shape index (κ3) is 7.81. The smallest absolute Gasteiger partial charge is 0.408 e. The predicted molar refractivity (Wildman–Crippen MR) is 193 cm³/mol. The average molecular weight is 739 g/mol. The van der Waals surface area contributed by atoms with Crippen LogP contribution in [0.2, 0.25) is 0 Å². The van der Waals surface area contributed by atoms with Crippen molar-refractivity contribution >= 4 is 39.5 Å². The molecule has 1 saturated heterocycles. The molecule has 2 heterocycles. The van der Waals surface area contributed by atoms with Crippen LogP contribution in [0.1, 0.15) is 78.2 Å². The second-order valence-electron chi connectivity index (χ2n) is 15.9. The number of anilines is 1. The van der Waals surface area contributed by atoms with Crippen LogP contribution in [0.4, 0.5) is 10.5 Å². The van der Waals surface area contributed by atoms with Gasteiger partial charge in [0.15, 0.2) is 0 Å². The van der Waals surface area contributed by atoms with E-state index in [2.05, 4.69) is 32.2 Å². The number of sulfonamides is 1. The topological polar surface area (TPSA) is 185 Å². The van der Waals surface area contributed by atoms with E-state index in [1.807, 2.05) is 64.0 Å². The Kier molecular flexibility index (Phi) is 10.2. The molecule has 4 aliphatic rings. The van der Waals surface area contributed by atoms with E-state index in [9.17, 15) is 27.6 Å². The number of nitrogens with one attached hydrogen (secondary N) is 3. The Balaban J connectivity index is 1.26. The number of ether oxygens (including phenoxy) is 1. The molecule has 3 N–H and O–H groups in total. The minimum atomic E-state index is -3.88. The fourth-order valence-electron chi connectivity index (χ4n) is 7.16. The molecule has 16 heteroatoms. The Morgan fingerprint density at radius 2 is 1.75 bits per heavy atom. The van der Waals surface area contributed by atoms with Crippen LogP contribution < -0.4 is 20.3 Å². The first-order chi connectivity index (χ1) is 24.5. The van der Waals surface area contributed by atoms with Crippen LogP contribution in [0.3, 0.4) is 0 Å². The molecule has 1 aromatic carbocycles. The van der Waals surface area contributed by atoms with Crippen molar-refractivity contribution in [3.8, 4) is 11.3 Å². The molecule has 0 bridgehead atoms. The first kappa shape index (κ1) is 37.3. The van der Waals surface area contributed by atoms with Crippen molar-refractivity contribution in [1.29, 1.82) is 0 Å². The van der Waals surface area contributed by atoms with Gasteiger partial charge in [-0.15, -0.1) is 11.7 Å². The lowest BCUT2D eigenvalue weighted by Gasteiger charge is -2.35. The minimum Gasteiger partial charge on any atom is -0.446 e. The quantitative estimate of drug-likeness (QED) is 0.274. The predicted octanol–water partition coefficient (Wildman–Crippen LogP) is 2.91. The zero-order valence-corrected chi connectivity index (χ0v) is 31.3. The van der Waals surface area contributed by atoms with Crippen LogP contribution in [-0.2, 0) is 29.1 Å². The fourth-order valence-corrected chi connectivity index (χ4v) is 8.52. The van der Waals surface area contributed by atoms with E-state index in [-0.39, 0.29) is 25.5 Å². The Morgan fingerprint density at radius 1 is 1.08 bits per heavy atom. The van der Waals surface area contributed by atoms with Gasteiger partial charge in [0.1, 0.15) is 29.4 Å². The molecule has 1 aliphatic heterocycles. The number of benzene rings is 1.